The van der Waals surface area contributed by atoms with Gasteiger partial charge in [0.25, 0.3) is 0 Å². The minimum atomic E-state index is -0.705. The van der Waals surface area contributed by atoms with E-state index >= 15 is 0 Å². The summed E-state index contributed by atoms with van der Waals surface area (Å²) >= 11 is 0. The second-order valence-electron chi connectivity index (χ2n) is 21.2. The largest absolute Gasteiger partial charge is 0.454 e. The fraction of sp³-hybridized carbons (Fsp3) is 0.0400. The van der Waals surface area contributed by atoms with Crippen LogP contribution in [0.2, 0.25) is 0 Å². The molecule has 2 heterocycles. The van der Waals surface area contributed by atoms with E-state index in [1.54, 1.807) is 0 Å². The van der Waals surface area contributed by atoms with Crippen molar-refractivity contribution in [2.75, 3.05) is 9.80 Å². The van der Waals surface area contributed by atoms with Crippen LogP contribution >= 0.6 is 0 Å². The van der Waals surface area contributed by atoms with Crippen molar-refractivity contribution in [3.8, 4) is 22.3 Å². The van der Waals surface area contributed by atoms with Crippen LogP contribution in [0.25, 0.3) is 99.8 Å². The fourth-order valence-electron chi connectivity index (χ4n) is 13.9. The van der Waals surface area contributed by atoms with Crippen LogP contribution in [0.3, 0.4) is 0 Å². The minimum Gasteiger partial charge on any atom is -0.454 e. The Morgan fingerprint density at radius 2 is 0.848 bits per heavy atom. The number of benzene rings is 12. The first kappa shape index (κ1) is 45.1. The maximum absolute atomic E-state index is 6.86. The predicted octanol–water partition coefficient (Wildman–Crippen LogP) is 21.0. The van der Waals surface area contributed by atoms with Gasteiger partial charge in [-0.1, -0.05) is 195 Å². The molecule has 0 aliphatic heterocycles. The van der Waals surface area contributed by atoms with E-state index in [0.29, 0.717) is 0 Å². The molecular formula is C75H50N2O2. The molecule has 1 spiro atoms. The highest BCUT2D eigenvalue weighted by Crippen LogP contribution is 2.66. The maximum Gasteiger partial charge on any atom is 0.159 e. The first-order valence-electron chi connectivity index (χ1n) is 27.1. The molecule has 0 saturated heterocycles. The van der Waals surface area contributed by atoms with Crippen LogP contribution in [0.5, 0.6) is 0 Å². The monoisotopic (exact) mass is 1010 g/mol. The summed E-state index contributed by atoms with van der Waals surface area (Å²) in [6.07, 6.45) is 3.99. The number of nitrogens with zero attached hydrogens (tertiary/aromatic N) is 2. The second kappa shape index (κ2) is 16.9. The van der Waals surface area contributed by atoms with Gasteiger partial charge in [0.15, 0.2) is 11.2 Å². The molecule has 0 amide bonds. The normalized spacial score (nSPS) is 12.9. The zero-order chi connectivity index (χ0) is 52.7. The first-order valence-corrected chi connectivity index (χ1v) is 27.1. The molecule has 79 heavy (non-hydrogen) atoms. The van der Waals surface area contributed by atoms with Crippen LogP contribution < -0.4 is 9.80 Å². The molecule has 2 aromatic heterocycles. The van der Waals surface area contributed by atoms with Gasteiger partial charge in [0.05, 0.1) is 16.8 Å². The van der Waals surface area contributed by atoms with Gasteiger partial charge in [-0.2, -0.15) is 0 Å². The van der Waals surface area contributed by atoms with Gasteiger partial charge in [0, 0.05) is 44.3 Å². The highest BCUT2D eigenvalue weighted by molar-refractivity contribution is 6.15. The number of fused-ring (bicyclic) bond motifs is 20. The molecule has 12 aromatic carbocycles. The summed E-state index contributed by atoms with van der Waals surface area (Å²) in [7, 11) is 0. The van der Waals surface area contributed by atoms with Crippen molar-refractivity contribution in [3.63, 3.8) is 0 Å². The Morgan fingerprint density at radius 1 is 0.367 bits per heavy atom. The van der Waals surface area contributed by atoms with Gasteiger partial charge in [0.2, 0.25) is 0 Å². The van der Waals surface area contributed by atoms with Gasteiger partial charge in [-0.05, 0) is 163 Å². The summed E-state index contributed by atoms with van der Waals surface area (Å²) in [6.45, 7) is 13.0. The van der Waals surface area contributed by atoms with Crippen LogP contribution in [0.15, 0.2) is 253 Å². The Hall–Kier alpha value is -10.2. The van der Waals surface area contributed by atoms with E-state index in [1.165, 1.54) is 55.3 Å². The molecule has 0 radical (unpaired) electrons. The average Bonchev–Trinajstić information content (AvgIpc) is 4.40. The predicted molar refractivity (Wildman–Crippen MR) is 331 cm³/mol. The number of aryl methyl sites for hydroxylation is 2. The van der Waals surface area contributed by atoms with Crippen molar-refractivity contribution >= 4 is 112 Å². The van der Waals surface area contributed by atoms with E-state index in [0.717, 1.165) is 111 Å². The van der Waals surface area contributed by atoms with Crippen LogP contribution in [-0.4, -0.2) is 0 Å². The van der Waals surface area contributed by atoms with E-state index in [4.69, 9.17) is 8.83 Å². The zero-order valence-corrected chi connectivity index (χ0v) is 43.7. The molecule has 16 rings (SSSR count). The summed E-state index contributed by atoms with van der Waals surface area (Å²) in [4.78, 5) is 4.70. The fourth-order valence-corrected chi connectivity index (χ4v) is 13.9. The third kappa shape index (κ3) is 6.20. The summed E-state index contributed by atoms with van der Waals surface area (Å²) in [5.74, 6) is 0. The molecular weight excluding hydrogens is 961 g/mol. The lowest BCUT2D eigenvalue weighted by molar-refractivity contribution is 0.665. The Labute approximate surface area is 457 Å². The van der Waals surface area contributed by atoms with Gasteiger partial charge in [-0.3, -0.25) is 0 Å². The smallest absolute Gasteiger partial charge is 0.159 e. The molecule has 2 aliphatic carbocycles. The van der Waals surface area contributed by atoms with Crippen LogP contribution in [0, 0.1) is 13.8 Å². The molecule has 0 atom stereocenters. The van der Waals surface area contributed by atoms with E-state index in [1.807, 2.05) is 12.2 Å². The summed E-state index contributed by atoms with van der Waals surface area (Å²) < 4.78 is 13.7. The van der Waals surface area contributed by atoms with Gasteiger partial charge in [0.1, 0.15) is 11.2 Å². The third-order valence-electron chi connectivity index (χ3n) is 17.2. The summed E-state index contributed by atoms with van der Waals surface area (Å²) in [5.41, 5.74) is 23.4. The molecule has 0 bridgehead atoms. The summed E-state index contributed by atoms with van der Waals surface area (Å²) in [5, 5.41) is 9.13. The van der Waals surface area contributed by atoms with Crippen molar-refractivity contribution in [1.82, 2.24) is 0 Å². The number of hydrogen-bond acceptors (Lipinski definition) is 4. The Balaban J connectivity index is 0.948. The molecule has 0 saturated carbocycles. The number of anilines is 6. The topological polar surface area (TPSA) is 32.8 Å². The zero-order valence-electron chi connectivity index (χ0n) is 43.7. The number of hydrogen-bond donors (Lipinski definition) is 0. The molecule has 372 valence electrons. The van der Waals surface area contributed by atoms with Crippen LogP contribution in [-0.2, 0) is 5.41 Å². The van der Waals surface area contributed by atoms with Crippen molar-refractivity contribution in [2.24, 2.45) is 0 Å². The van der Waals surface area contributed by atoms with E-state index in [2.05, 4.69) is 267 Å². The Bertz CT molecular complexity index is 4670. The van der Waals surface area contributed by atoms with Crippen molar-refractivity contribution in [3.05, 3.63) is 288 Å². The lowest BCUT2D eigenvalue weighted by Gasteiger charge is -2.33. The molecule has 2 aliphatic rings. The van der Waals surface area contributed by atoms with Crippen LogP contribution in [0.1, 0.15) is 44.5 Å². The number of rotatable bonds is 8. The SMILES string of the molecule is C=Cc1ccc2c(c1C=C)-c1ccccc1C21c2c(ccc3cc(N(c4ccccc4)c4cccc5c4oc4c(C)cccc45)ccc23)-c2ccc3cc(N(c4ccccc4)c4cccc5c4oc4c(C)cccc45)ccc3c21. The second-order valence-corrected chi connectivity index (χ2v) is 21.2. The quantitative estimate of drug-likeness (QED) is 0.152. The van der Waals surface area contributed by atoms with Crippen molar-refractivity contribution in [2.45, 2.75) is 19.3 Å². The Morgan fingerprint density at radius 3 is 1.35 bits per heavy atom. The molecule has 4 heteroatoms. The van der Waals surface area contributed by atoms with Crippen LogP contribution in [0.4, 0.5) is 34.1 Å². The van der Waals surface area contributed by atoms with E-state index < -0.39 is 5.41 Å². The Kier molecular flexibility index (Phi) is 9.65. The standard InChI is InChI=1S/C75H50N2O2/c1-5-47-35-42-65-68(54(47)6-2)63-25-13-14-30-64(63)75(65)69-55-40-36-52(76(50-21-9-7-10-22-50)66-31-17-28-61-59-26-15-19-45(3)71(59)78-73(61)66)43-48(55)33-38-57(69)58-39-34-49-44-53(37-41-56(49)70(58)75)77(51-23-11-8-12-24-51)67-32-18-29-62-60-27-16-20-46(4)72(60)79-74(62)67/h5-44H,1-2H2,3-4H3. The first-order chi connectivity index (χ1) is 38.9. The lowest BCUT2D eigenvalue weighted by atomic mass is 9.68. The van der Waals surface area contributed by atoms with Gasteiger partial charge >= 0.3 is 0 Å². The van der Waals surface area contributed by atoms with Crippen molar-refractivity contribution < 1.29 is 8.83 Å². The molecule has 0 fully saturated rings. The highest BCUT2D eigenvalue weighted by atomic mass is 16.3. The van der Waals surface area contributed by atoms with E-state index in [9.17, 15) is 0 Å². The minimum absolute atomic E-state index is 0.705. The van der Waals surface area contributed by atoms with Gasteiger partial charge < -0.3 is 18.6 Å². The third-order valence-corrected chi connectivity index (χ3v) is 17.2. The molecule has 14 aromatic rings. The highest BCUT2D eigenvalue weighted by Gasteiger charge is 2.54. The lowest BCUT2D eigenvalue weighted by Crippen LogP contribution is -2.26. The number of furan rings is 2. The van der Waals surface area contributed by atoms with Gasteiger partial charge in [-0.25, -0.2) is 0 Å². The molecule has 4 nitrogen and oxygen atoms in total. The molecule has 0 unspecified atom stereocenters. The van der Waals surface area contributed by atoms with E-state index in [-0.39, 0.29) is 0 Å². The summed E-state index contributed by atoms with van der Waals surface area (Å²) in [6, 6.07) is 84.4. The molecule has 0 N–H and O–H groups in total. The van der Waals surface area contributed by atoms with Crippen molar-refractivity contribution in [1.29, 1.82) is 0 Å². The number of para-hydroxylation sites is 6. The maximum atomic E-state index is 6.86. The van der Waals surface area contributed by atoms with Gasteiger partial charge in [-0.15, -0.1) is 0 Å². The average molecular weight is 1010 g/mol.